The second-order valence-electron chi connectivity index (χ2n) is 5.02. The van der Waals surface area contributed by atoms with Crippen LogP contribution in [-0.4, -0.2) is 41.7 Å². The van der Waals surface area contributed by atoms with E-state index in [-0.39, 0.29) is 6.10 Å². The maximum Gasteiger partial charge on any atom is 0.195 e. The first kappa shape index (κ1) is 12.9. The summed E-state index contributed by atoms with van der Waals surface area (Å²) in [6.45, 7) is 3.61. The lowest BCUT2D eigenvalue weighted by atomic mass is 10.1. The number of imidazole rings is 1. The van der Waals surface area contributed by atoms with E-state index in [1.54, 1.807) is 11.3 Å². The largest absolute Gasteiger partial charge is 0.376 e. The van der Waals surface area contributed by atoms with Crippen molar-refractivity contribution >= 4 is 22.1 Å². The van der Waals surface area contributed by atoms with Crippen LogP contribution >= 0.6 is 11.3 Å². The molecule has 2 aromatic rings. The quantitative estimate of drug-likeness (QED) is 0.922. The summed E-state index contributed by atoms with van der Waals surface area (Å²) in [6, 6.07) is 0.404. The second-order valence-corrected chi connectivity index (χ2v) is 5.89. The summed E-state index contributed by atoms with van der Waals surface area (Å²) in [7, 11) is 2.11. The van der Waals surface area contributed by atoms with Crippen molar-refractivity contribution in [2.24, 2.45) is 5.73 Å². The molecule has 2 atom stereocenters. The van der Waals surface area contributed by atoms with Crippen LogP contribution in [0, 0.1) is 0 Å². The molecule has 1 aliphatic rings. The number of fused-ring (bicyclic) bond motifs is 1. The molecule has 0 radical (unpaired) electrons. The number of anilines is 1. The first-order valence-corrected chi connectivity index (χ1v) is 7.59. The minimum atomic E-state index is 0.260. The molecule has 0 amide bonds. The molecule has 3 rings (SSSR count). The van der Waals surface area contributed by atoms with Gasteiger partial charge in [0.25, 0.3) is 0 Å². The second kappa shape index (κ2) is 5.11. The van der Waals surface area contributed by atoms with Crippen LogP contribution in [-0.2, 0) is 11.2 Å². The Bertz CT molecular complexity index is 564. The summed E-state index contributed by atoms with van der Waals surface area (Å²) in [5, 5.41) is 2.06. The number of rotatable bonds is 4. The number of likely N-dealkylation sites (N-methyl/N-ethyl adjacent to an activating group) is 1. The number of nitrogens with zero attached hydrogens (tertiary/aromatic N) is 3. The van der Waals surface area contributed by atoms with Crippen LogP contribution < -0.4 is 10.6 Å². The van der Waals surface area contributed by atoms with Crippen molar-refractivity contribution < 1.29 is 4.74 Å². The van der Waals surface area contributed by atoms with Crippen LogP contribution in [0.4, 0.5) is 5.82 Å². The van der Waals surface area contributed by atoms with E-state index in [0.717, 1.165) is 30.2 Å². The lowest BCUT2D eigenvalue weighted by molar-refractivity contribution is 0.118. The minimum Gasteiger partial charge on any atom is -0.376 e. The van der Waals surface area contributed by atoms with Gasteiger partial charge in [0, 0.05) is 31.7 Å². The summed E-state index contributed by atoms with van der Waals surface area (Å²) in [5.41, 5.74) is 6.96. The molecular formula is C13H20N4OS. The summed E-state index contributed by atoms with van der Waals surface area (Å²) in [4.78, 5) is 8.07. The number of hydrogen-bond donors (Lipinski definition) is 1. The molecule has 19 heavy (non-hydrogen) atoms. The van der Waals surface area contributed by atoms with E-state index in [0.29, 0.717) is 12.6 Å². The Labute approximate surface area is 117 Å². The molecule has 0 spiro atoms. The number of hydrogen-bond acceptors (Lipinski definition) is 5. The van der Waals surface area contributed by atoms with E-state index in [2.05, 4.69) is 34.8 Å². The summed E-state index contributed by atoms with van der Waals surface area (Å²) in [6.07, 6.45) is 4.24. The molecule has 0 aromatic carbocycles. The van der Waals surface area contributed by atoms with Gasteiger partial charge >= 0.3 is 0 Å². The molecule has 5 nitrogen and oxygen atoms in total. The summed E-state index contributed by atoms with van der Waals surface area (Å²) >= 11 is 1.66. The SMILES string of the molecule is CC1OCCC1N(C)c1nc2sccn2c1CCN. The fraction of sp³-hybridized carbons (Fsp3) is 0.615. The number of thiazole rings is 1. The Hall–Kier alpha value is -1.11. The van der Waals surface area contributed by atoms with Crippen molar-refractivity contribution in [3.05, 3.63) is 17.3 Å². The minimum absolute atomic E-state index is 0.260. The van der Waals surface area contributed by atoms with Gasteiger partial charge in [-0.2, -0.15) is 0 Å². The van der Waals surface area contributed by atoms with E-state index >= 15 is 0 Å². The first-order chi connectivity index (χ1) is 9.22. The molecule has 1 saturated heterocycles. The average molecular weight is 280 g/mol. The van der Waals surface area contributed by atoms with E-state index in [4.69, 9.17) is 15.5 Å². The Morgan fingerprint density at radius 3 is 3.16 bits per heavy atom. The van der Waals surface area contributed by atoms with Crippen LogP contribution in [0.5, 0.6) is 0 Å². The van der Waals surface area contributed by atoms with Crippen LogP contribution in [0.3, 0.4) is 0 Å². The van der Waals surface area contributed by atoms with Gasteiger partial charge in [0.15, 0.2) is 10.8 Å². The molecule has 6 heteroatoms. The number of ether oxygens (including phenoxy) is 1. The lowest BCUT2D eigenvalue weighted by Gasteiger charge is -2.27. The Morgan fingerprint density at radius 2 is 2.47 bits per heavy atom. The number of aromatic nitrogens is 2. The molecule has 2 unspecified atom stereocenters. The van der Waals surface area contributed by atoms with Crippen LogP contribution in [0.1, 0.15) is 19.0 Å². The highest BCUT2D eigenvalue weighted by Crippen LogP contribution is 2.29. The van der Waals surface area contributed by atoms with Crippen LogP contribution in [0.2, 0.25) is 0 Å². The fourth-order valence-corrected chi connectivity index (χ4v) is 3.59. The van der Waals surface area contributed by atoms with Gasteiger partial charge in [-0.15, -0.1) is 11.3 Å². The van der Waals surface area contributed by atoms with Gasteiger partial charge in [0.05, 0.1) is 17.8 Å². The number of nitrogens with two attached hydrogens (primary N) is 1. The van der Waals surface area contributed by atoms with Crippen molar-refractivity contribution in [1.29, 1.82) is 0 Å². The highest BCUT2D eigenvalue weighted by atomic mass is 32.1. The highest BCUT2D eigenvalue weighted by Gasteiger charge is 2.30. The maximum absolute atomic E-state index is 5.75. The zero-order chi connectivity index (χ0) is 13.4. The third kappa shape index (κ3) is 2.13. The third-order valence-electron chi connectivity index (χ3n) is 3.89. The van der Waals surface area contributed by atoms with Crippen molar-refractivity contribution in [1.82, 2.24) is 9.38 Å². The molecule has 0 bridgehead atoms. The van der Waals surface area contributed by atoms with Gasteiger partial charge in [-0.05, 0) is 19.9 Å². The molecule has 0 saturated carbocycles. The normalized spacial score (nSPS) is 23.3. The monoisotopic (exact) mass is 280 g/mol. The molecule has 104 valence electrons. The Kier molecular flexibility index (Phi) is 3.47. The van der Waals surface area contributed by atoms with E-state index in [9.17, 15) is 0 Å². The van der Waals surface area contributed by atoms with Crippen molar-refractivity contribution in [2.45, 2.75) is 31.9 Å². The predicted molar refractivity (Wildman–Crippen MR) is 78.0 cm³/mol. The van der Waals surface area contributed by atoms with Crippen molar-refractivity contribution in [3.63, 3.8) is 0 Å². The lowest BCUT2D eigenvalue weighted by Crippen LogP contribution is -2.37. The van der Waals surface area contributed by atoms with Gasteiger partial charge in [-0.3, -0.25) is 4.40 Å². The molecular weight excluding hydrogens is 260 g/mol. The zero-order valence-electron chi connectivity index (χ0n) is 11.4. The van der Waals surface area contributed by atoms with Crippen molar-refractivity contribution in [2.75, 3.05) is 25.1 Å². The van der Waals surface area contributed by atoms with E-state index in [1.165, 1.54) is 5.69 Å². The van der Waals surface area contributed by atoms with Gasteiger partial charge in [-0.25, -0.2) is 4.98 Å². The summed E-state index contributed by atoms with van der Waals surface area (Å²) in [5.74, 6) is 1.06. The zero-order valence-corrected chi connectivity index (χ0v) is 12.2. The van der Waals surface area contributed by atoms with Gasteiger partial charge in [0.2, 0.25) is 0 Å². The van der Waals surface area contributed by atoms with Gasteiger partial charge in [0.1, 0.15) is 0 Å². The van der Waals surface area contributed by atoms with Crippen molar-refractivity contribution in [3.8, 4) is 0 Å². The third-order valence-corrected chi connectivity index (χ3v) is 4.65. The Balaban J connectivity index is 1.98. The molecule has 1 aliphatic heterocycles. The summed E-state index contributed by atoms with van der Waals surface area (Å²) < 4.78 is 7.82. The molecule has 1 fully saturated rings. The van der Waals surface area contributed by atoms with Crippen LogP contribution in [0.25, 0.3) is 4.96 Å². The average Bonchev–Trinajstić information content (AvgIpc) is 3.06. The smallest absolute Gasteiger partial charge is 0.195 e. The highest BCUT2D eigenvalue weighted by molar-refractivity contribution is 7.15. The molecule has 2 N–H and O–H groups in total. The molecule has 2 aromatic heterocycles. The topological polar surface area (TPSA) is 55.8 Å². The van der Waals surface area contributed by atoms with E-state index in [1.807, 2.05) is 0 Å². The van der Waals surface area contributed by atoms with Gasteiger partial charge in [-0.1, -0.05) is 0 Å². The first-order valence-electron chi connectivity index (χ1n) is 6.71. The maximum atomic E-state index is 5.75. The van der Waals surface area contributed by atoms with E-state index < -0.39 is 0 Å². The van der Waals surface area contributed by atoms with Crippen LogP contribution in [0.15, 0.2) is 11.6 Å². The molecule has 0 aliphatic carbocycles. The fourth-order valence-electron chi connectivity index (χ4n) is 2.86. The predicted octanol–water partition coefficient (Wildman–Crippen LogP) is 1.51. The standard InChI is InChI=1S/C13H20N4OS/c1-9-10(4-7-18-9)16(2)12-11(3-5-14)17-6-8-19-13(17)15-12/h6,8-10H,3-5,7,14H2,1-2H3. The Morgan fingerprint density at radius 1 is 1.63 bits per heavy atom. The molecule has 3 heterocycles. The van der Waals surface area contributed by atoms with Gasteiger partial charge < -0.3 is 15.4 Å².